The van der Waals surface area contributed by atoms with Crippen LogP contribution in [-0.2, 0) is 16.1 Å². The van der Waals surface area contributed by atoms with E-state index in [0.717, 1.165) is 22.5 Å². The molecule has 0 bridgehead atoms. The highest BCUT2D eigenvalue weighted by atomic mass is 32.1. The molecule has 0 radical (unpaired) electrons. The van der Waals surface area contributed by atoms with Gasteiger partial charge >= 0.3 is 11.0 Å². The third-order valence-electron chi connectivity index (χ3n) is 3.44. The van der Waals surface area contributed by atoms with Crippen LogP contribution < -0.4 is 0 Å². The van der Waals surface area contributed by atoms with Gasteiger partial charge in [0.1, 0.15) is 6.54 Å². The summed E-state index contributed by atoms with van der Waals surface area (Å²) in [6.45, 7) is 1.90. The van der Waals surface area contributed by atoms with Crippen molar-refractivity contribution in [2.24, 2.45) is 0 Å². The fourth-order valence-corrected chi connectivity index (χ4v) is 2.90. The Labute approximate surface area is 142 Å². The molecule has 0 aliphatic heterocycles. The SMILES string of the molecule is COC(=O)CN(Cc1ccccc1C)C(=O)c1ccc([N+](=O)[O-])s1. The maximum atomic E-state index is 12.7. The first-order chi connectivity index (χ1) is 11.4. The number of benzene rings is 1. The maximum absolute atomic E-state index is 12.7. The summed E-state index contributed by atoms with van der Waals surface area (Å²) in [5.74, 6) is -0.996. The summed E-state index contributed by atoms with van der Waals surface area (Å²) in [7, 11) is 1.24. The summed E-state index contributed by atoms with van der Waals surface area (Å²) in [6.07, 6.45) is 0. The lowest BCUT2D eigenvalue weighted by molar-refractivity contribution is -0.380. The molecule has 1 amide bonds. The quantitative estimate of drug-likeness (QED) is 0.455. The van der Waals surface area contributed by atoms with Gasteiger partial charge in [-0.3, -0.25) is 19.7 Å². The van der Waals surface area contributed by atoms with E-state index in [1.807, 2.05) is 31.2 Å². The number of ether oxygens (including phenoxy) is 1. The van der Waals surface area contributed by atoms with E-state index in [2.05, 4.69) is 4.74 Å². The number of nitro groups is 1. The number of rotatable bonds is 6. The van der Waals surface area contributed by atoms with Gasteiger partial charge in [-0.2, -0.15) is 0 Å². The lowest BCUT2D eigenvalue weighted by Gasteiger charge is -2.21. The van der Waals surface area contributed by atoms with Crippen LogP contribution in [0.5, 0.6) is 0 Å². The van der Waals surface area contributed by atoms with Crippen molar-refractivity contribution in [2.45, 2.75) is 13.5 Å². The van der Waals surface area contributed by atoms with Crippen molar-refractivity contribution in [1.82, 2.24) is 4.90 Å². The smallest absolute Gasteiger partial charge is 0.325 e. The van der Waals surface area contributed by atoms with Crippen LogP contribution in [-0.4, -0.2) is 35.4 Å². The largest absolute Gasteiger partial charge is 0.468 e. The number of hydrogen-bond acceptors (Lipinski definition) is 6. The van der Waals surface area contributed by atoms with E-state index in [-0.39, 0.29) is 23.0 Å². The number of esters is 1. The maximum Gasteiger partial charge on any atom is 0.325 e. The minimum absolute atomic E-state index is 0.118. The lowest BCUT2D eigenvalue weighted by atomic mass is 10.1. The van der Waals surface area contributed by atoms with Gasteiger partial charge in [0, 0.05) is 12.6 Å². The molecule has 0 N–H and O–H groups in total. The Morgan fingerprint density at radius 1 is 1.25 bits per heavy atom. The summed E-state index contributed by atoms with van der Waals surface area (Å²) in [4.78, 5) is 36.0. The van der Waals surface area contributed by atoms with E-state index >= 15 is 0 Å². The fraction of sp³-hybridized carbons (Fsp3) is 0.250. The van der Waals surface area contributed by atoms with Crippen LogP contribution in [0.25, 0.3) is 0 Å². The van der Waals surface area contributed by atoms with Crippen molar-refractivity contribution >= 4 is 28.2 Å². The number of nitrogens with zero attached hydrogens (tertiary/aromatic N) is 2. The monoisotopic (exact) mass is 348 g/mol. The number of hydrogen-bond donors (Lipinski definition) is 0. The average Bonchev–Trinajstić information content (AvgIpc) is 3.05. The average molecular weight is 348 g/mol. The molecule has 126 valence electrons. The van der Waals surface area contributed by atoms with Crippen molar-refractivity contribution < 1.29 is 19.2 Å². The zero-order chi connectivity index (χ0) is 17.7. The van der Waals surface area contributed by atoms with Crippen LogP contribution >= 0.6 is 11.3 Å². The number of carbonyl (C=O) groups is 2. The van der Waals surface area contributed by atoms with Gasteiger partial charge in [-0.25, -0.2) is 0 Å². The topological polar surface area (TPSA) is 89.8 Å². The van der Waals surface area contributed by atoms with Crippen LogP contribution in [0.15, 0.2) is 36.4 Å². The summed E-state index contributed by atoms with van der Waals surface area (Å²) in [6, 6.07) is 10.2. The van der Waals surface area contributed by atoms with E-state index in [0.29, 0.717) is 0 Å². The first-order valence-corrected chi connectivity index (χ1v) is 7.89. The first kappa shape index (κ1) is 17.6. The third kappa shape index (κ3) is 4.17. The molecule has 7 nitrogen and oxygen atoms in total. The molecule has 8 heteroatoms. The van der Waals surface area contributed by atoms with Gasteiger partial charge in [-0.15, -0.1) is 0 Å². The van der Waals surface area contributed by atoms with E-state index < -0.39 is 16.8 Å². The van der Waals surface area contributed by atoms with Gasteiger partial charge in [0.2, 0.25) is 0 Å². The molecule has 0 saturated carbocycles. The fourth-order valence-electron chi connectivity index (χ4n) is 2.11. The second kappa shape index (κ2) is 7.69. The van der Waals surface area contributed by atoms with Crippen molar-refractivity contribution in [3.63, 3.8) is 0 Å². The van der Waals surface area contributed by atoms with Crippen molar-refractivity contribution in [3.8, 4) is 0 Å². The second-order valence-electron chi connectivity index (χ2n) is 5.06. The van der Waals surface area contributed by atoms with Crippen molar-refractivity contribution in [1.29, 1.82) is 0 Å². The number of methoxy groups -OCH3 is 1. The van der Waals surface area contributed by atoms with E-state index in [9.17, 15) is 19.7 Å². The van der Waals surface area contributed by atoms with Crippen LogP contribution in [0.3, 0.4) is 0 Å². The number of amides is 1. The predicted molar refractivity (Wildman–Crippen MR) is 88.9 cm³/mol. The second-order valence-corrected chi connectivity index (χ2v) is 6.12. The molecule has 0 aliphatic carbocycles. The molecule has 1 aromatic carbocycles. The Bertz CT molecular complexity index is 771. The molecule has 1 aromatic heterocycles. The molecule has 0 saturated heterocycles. The van der Waals surface area contributed by atoms with Gasteiger partial charge < -0.3 is 9.64 Å². The Kier molecular flexibility index (Phi) is 5.64. The van der Waals surface area contributed by atoms with Gasteiger partial charge in [-0.05, 0) is 24.1 Å². The van der Waals surface area contributed by atoms with Crippen molar-refractivity contribution in [3.05, 3.63) is 62.5 Å². The molecule has 0 atom stereocenters. The van der Waals surface area contributed by atoms with E-state index in [1.165, 1.54) is 24.1 Å². The molecule has 24 heavy (non-hydrogen) atoms. The summed E-state index contributed by atoms with van der Waals surface area (Å²) < 4.78 is 4.64. The Hall–Kier alpha value is -2.74. The number of thiophene rings is 1. The van der Waals surface area contributed by atoms with Crippen LogP contribution in [0.1, 0.15) is 20.8 Å². The highest BCUT2D eigenvalue weighted by molar-refractivity contribution is 7.17. The molecule has 2 rings (SSSR count). The van der Waals surface area contributed by atoms with E-state index in [1.54, 1.807) is 0 Å². The minimum Gasteiger partial charge on any atom is -0.468 e. The molecule has 0 unspecified atom stereocenters. The Balaban J connectivity index is 2.27. The summed E-state index contributed by atoms with van der Waals surface area (Å²) in [5.41, 5.74) is 1.87. The van der Waals surface area contributed by atoms with E-state index in [4.69, 9.17) is 0 Å². The van der Waals surface area contributed by atoms with Crippen LogP contribution in [0.4, 0.5) is 5.00 Å². The molecule has 0 spiro atoms. The van der Waals surface area contributed by atoms with Gasteiger partial charge in [0.25, 0.3) is 5.91 Å². The molecule has 2 aromatic rings. The normalized spacial score (nSPS) is 10.2. The lowest BCUT2D eigenvalue weighted by Crippen LogP contribution is -2.35. The molecule has 1 heterocycles. The summed E-state index contributed by atoms with van der Waals surface area (Å²) >= 11 is 0.784. The standard InChI is InChI=1S/C16H16N2O5S/c1-11-5-3-4-6-12(11)9-17(10-15(19)23-2)16(20)13-7-8-14(24-13)18(21)22/h3-8H,9-10H2,1-2H3. The highest BCUT2D eigenvalue weighted by Crippen LogP contribution is 2.25. The first-order valence-electron chi connectivity index (χ1n) is 7.07. The number of carbonyl (C=O) groups excluding carboxylic acids is 2. The number of aryl methyl sites for hydroxylation is 1. The zero-order valence-corrected chi connectivity index (χ0v) is 14.0. The van der Waals surface area contributed by atoms with Crippen molar-refractivity contribution in [2.75, 3.05) is 13.7 Å². The van der Waals surface area contributed by atoms with Gasteiger partial charge in [0.05, 0.1) is 16.9 Å². The van der Waals surface area contributed by atoms with Gasteiger partial charge in [0.15, 0.2) is 0 Å². The van der Waals surface area contributed by atoms with Gasteiger partial charge in [-0.1, -0.05) is 35.6 Å². The molecule has 0 aliphatic rings. The minimum atomic E-state index is -0.553. The molecular weight excluding hydrogens is 332 g/mol. The Morgan fingerprint density at radius 2 is 1.96 bits per heavy atom. The Morgan fingerprint density at radius 3 is 2.54 bits per heavy atom. The third-order valence-corrected chi connectivity index (χ3v) is 4.46. The molecular formula is C16H16N2O5S. The summed E-state index contributed by atoms with van der Waals surface area (Å²) in [5, 5.41) is 10.7. The predicted octanol–water partition coefficient (Wildman–Crippen LogP) is 2.78. The zero-order valence-electron chi connectivity index (χ0n) is 13.2. The van der Waals surface area contributed by atoms with Crippen LogP contribution in [0.2, 0.25) is 0 Å². The highest BCUT2D eigenvalue weighted by Gasteiger charge is 2.23. The van der Waals surface area contributed by atoms with Crippen LogP contribution in [0, 0.1) is 17.0 Å². The molecule has 0 fully saturated rings.